The van der Waals surface area contributed by atoms with Crippen LogP contribution in [0.2, 0.25) is 0 Å². The quantitative estimate of drug-likeness (QED) is 0.869. The summed E-state index contributed by atoms with van der Waals surface area (Å²) >= 11 is 2.09. The van der Waals surface area contributed by atoms with E-state index in [0.29, 0.717) is 17.5 Å². The summed E-state index contributed by atoms with van der Waals surface area (Å²) in [7, 11) is 0. The first-order chi connectivity index (χ1) is 8.67. The van der Waals surface area contributed by atoms with Crippen molar-refractivity contribution in [2.24, 2.45) is 5.41 Å². The number of fused-ring (bicyclic) bond motifs is 1. The number of nitrogens with one attached hydrogen (secondary N) is 1. The van der Waals surface area contributed by atoms with Crippen LogP contribution in [-0.4, -0.2) is 17.5 Å². The van der Waals surface area contributed by atoms with E-state index in [9.17, 15) is 0 Å². The Morgan fingerprint density at radius 1 is 1.28 bits per heavy atom. The minimum atomic E-state index is 0.377. The lowest BCUT2D eigenvalue weighted by Crippen LogP contribution is -2.43. The van der Waals surface area contributed by atoms with Crippen molar-refractivity contribution < 1.29 is 0 Å². The van der Waals surface area contributed by atoms with Gasteiger partial charge in [0, 0.05) is 17.8 Å². The highest BCUT2D eigenvalue weighted by molar-refractivity contribution is 7.99. The fourth-order valence-corrected chi connectivity index (χ4v) is 4.45. The molecule has 3 rings (SSSR count). The molecule has 2 unspecified atom stereocenters. The smallest absolute Gasteiger partial charge is 0.0377 e. The molecular weight excluding hydrogens is 238 g/mol. The number of hydrogen-bond acceptors (Lipinski definition) is 2. The van der Waals surface area contributed by atoms with Crippen LogP contribution in [0.25, 0.3) is 0 Å². The molecule has 1 aromatic rings. The van der Waals surface area contributed by atoms with E-state index in [1.54, 1.807) is 11.1 Å². The van der Waals surface area contributed by atoms with Crippen LogP contribution in [0.1, 0.15) is 43.9 Å². The van der Waals surface area contributed by atoms with Crippen LogP contribution in [-0.2, 0) is 6.42 Å². The maximum Gasteiger partial charge on any atom is 0.0377 e. The van der Waals surface area contributed by atoms with Crippen molar-refractivity contribution in [3.8, 4) is 0 Å². The molecule has 0 saturated carbocycles. The molecule has 0 spiro atoms. The Morgan fingerprint density at radius 2 is 2.11 bits per heavy atom. The number of aryl methyl sites for hydroxylation is 1. The van der Waals surface area contributed by atoms with Gasteiger partial charge in [0.2, 0.25) is 0 Å². The van der Waals surface area contributed by atoms with Crippen molar-refractivity contribution in [1.82, 2.24) is 5.32 Å². The highest BCUT2D eigenvalue weighted by Gasteiger charge is 2.37. The zero-order chi connectivity index (χ0) is 12.6. The van der Waals surface area contributed by atoms with Crippen LogP contribution < -0.4 is 5.32 Å². The van der Waals surface area contributed by atoms with Gasteiger partial charge in [-0.25, -0.2) is 0 Å². The second-order valence-corrected chi connectivity index (χ2v) is 7.50. The summed E-state index contributed by atoms with van der Waals surface area (Å²) in [5.74, 6) is 2.61. The molecule has 0 aromatic heterocycles. The predicted octanol–water partition coefficient (Wildman–Crippen LogP) is 3.80. The molecule has 1 nitrogen and oxygen atoms in total. The van der Waals surface area contributed by atoms with Crippen molar-refractivity contribution in [2.45, 2.75) is 45.2 Å². The molecule has 0 radical (unpaired) electrons. The van der Waals surface area contributed by atoms with Crippen LogP contribution in [0.3, 0.4) is 0 Å². The third-order valence-corrected chi connectivity index (χ3v) is 5.68. The van der Waals surface area contributed by atoms with E-state index >= 15 is 0 Å². The summed E-state index contributed by atoms with van der Waals surface area (Å²) in [6, 6.07) is 10.3. The first-order valence-corrected chi connectivity index (χ1v) is 8.24. The normalized spacial score (nSPS) is 30.1. The van der Waals surface area contributed by atoms with Gasteiger partial charge in [-0.15, -0.1) is 0 Å². The number of thioether (sulfide) groups is 1. The van der Waals surface area contributed by atoms with Crippen LogP contribution in [0, 0.1) is 5.41 Å². The van der Waals surface area contributed by atoms with Gasteiger partial charge in [-0.05, 0) is 41.6 Å². The molecule has 2 heteroatoms. The molecule has 1 heterocycles. The maximum absolute atomic E-state index is 3.94. The lowest BCUT2D eigenvalue weighted by atomic mass is 9.70. The molecule has 98 valence electrons. The second-order valence-electron chi connectivity index (χ2n) is 6.35. The standard InChI is InChI=1S/C16H23NS/c1-16(2)9-7-12-5-3-4-6-14(12)15(16)17-13-8-10-18-11-13/h3-6,13,15,17H,7-11H2,1-2H3. The van der Waals surface area contributed by atoms with Crippen LogP contribution >= 0.6 is 11.8 Å². The minimum Gasteiger partial charge on any atom is -0.306 e. The van der Waals surface area contributed by atoms with E-state index in [1.165, 1.54) is 30.8 Å². The summed E-state index contributed by atoms with van der Waals surface area (Å²) in [5.41, 5.74) is 3.48. The van der Waals surface area contributed by atoms with E-state index in [-0.39, 0.29) is 0 Å². The average Bonchev–Trinajstić information content (AvgIpc) is 2.86. The third kappa shape index (κ3) is 2.33. The molecule has 1 aromatic carbocycles. The van der Waals surface area contributed by atoms with Crippen molar-refractivity contribution in [2.75, 3.05) is 11.5 Å². The van der Waals surface area contributed by atoms with Gasteiger partial charge in [0.15, 0.2) is 0 Å². The molecule has 2 atom stereocenters. The Labute approximate surface area is 115 Å². The SMILES string of the molecule is CC1(C)CCc2ccccc2C1NC1CCSC1. The number of benzene rings is 1. The molecule has 1 aliphatic carbocycles. The first-order valence-electron chi connectivity index (χ1n) is 7.08. The third-order valence-electron chi connectivity index (χ3n) is 4.52. The van der Waals surface area contributed by atoms with E-state index in [0.717, 1.165) is 0 Å². The lowest BCUT2D eigenvalue weighted by Gasteiger charge is -2.42. The van der Waals surface area contributed by atoms with E-state index in [2.05, 4.69) is 55.2 Å². The maximum atomic E-state index is 3.94. The fraction of sp³-hybridized carbons (Fsp3) is 0.625. The lowest BCUT2D eigenvalue weighted by molar-refractivity contribution is 0.197. The summed E-state index contributed by atoms with van der Waals surface area (Å²) < 4.78 is 0. The molecule has 0 bridgehead atoms. The molecule has 18 heavy (non-hydrogen) atoms. The van der Waals surface area contributed by atoms with Gasteiger partial charge in [-0.2, -0.15) is 11.8 Å². The number of hydrogen-bond donors (Lipinski definition) is 1. The van der Waals surface area contributed by atoms with Crippen LogP contribution in [0.15, 0.2) is 24.3 Å². The average molecular weight is 261 g/mol. The monoisotopic (exact) mass is 261 g/mol. The fourth-order valence-electron chi connectivity index (χ4n) is 3.28. The highest BCUT2D eigenvalue weighted by atomic mass is 32.2. The predicted molar refractivity (Wildman–Crippen MR) is 80.2 cm³/mol. The molecule has 1 N–H and O–H groups in total. The highest BCUT2D eigenvalue weighted by Crippen LogP contribution is 2.44. The zero-order valence-corrected chi connectivity index (χ0v) is 12.2. The minimum absolute atomic E-state index is 0.377. The largest absolute Gasteiger partial charge is 0.306 e. The summed E-state index contributed by atoms with van der Waals surface area (Å²) in [6.45, 7) is 4.84. The van der Waals surface area contributed by atoms with Gasteiger partial charge < -0.3 is 5.32 Å². The van der Waals surface area contributed by atoms with E-state index in [4.69, 9.17) is 0 Å². The van der Waals surface area contributed by atoms with Gasteiger partial charge >= 0.3 is 0 Å². The summed E-state index contributed by atoms with van der Waals surface area (Å²) in [4.78, 5) is 0. The van der Waals surface area contributed by atoms with Gasteiger partial charge in [0.1, 0.15) is 0 Å². The van der Waals surface area contributed by atoms with Crippen molar-refractivity contribution >= 4 is 11.8 Å². The van der Waals surface area contributed by atoms with Crippen LogP contribution in [0.5, 0.6) is 0 Å². The molecular formula is C16H23NS. The molecule has 1 aliphatic heterocycles. The van der Waals surface area contributed by atoms with E-state index in [1.807, 2.05) is 0 Å². The van der Waals surface area contributed by atoms with Gasteiger partial charge in [0.05, 0.1) is 0 Å². The Morgan fingerprint density at radius 3 is 2.89 bits per heavy atom. The van der Waals surface area contributed by atoms with Gasteiger partial charge in [-0.3, -0.25) is 0 Å². The Kier molecular flexibility index (Phi) is 3.42. The summed E-state index contributed by atoms with van der Waals surface area (Å²) in [6.07, 6.45) is 3.86. The molecule has 1 saturated heterocycles. The molecule has 1 fully saturated rings. The second kappa shape index (κ2) is 4.90. The van der Waals surface area contributed by atoms with Crippen molar-refractivity contribution in [3.05, 3.63) is 35.4 Å². The zero-order valence-electron chi connectivity index (χ0n) is 11.4. The Balaban J connectivity index is 1.88. The Bertz CT molecular complexity index is 421. The van der Waals surface area contributed by atoms with Gasteiger partial charge in [-0.1, -0.05) is 38.1 Å². The van der Waals surface area contributed by atoms with Crippen molar-refractivity contribution in [3.63, 3.8) is 0 Å². The van der Waals surface area contributed by atoms with Crippen LogP contribution in [0.4, 0.5) is 0 Å². The first kappa shape index (κ1) is 12.6. The number of rotatable bonds is 2. The Hall–Kier alpha value is -0.470. The topological polar surface area (TPSA) is 12.0 Å². The molecule has 2 aliphatic rings. The summed E-state index contributed by atoms with van der Waals surface area (Å²) in [5, 5.41) is 3.94. The van der Waals surface area contributed by atoms with Crippen molar-refractivity contribution in [1.29, 1.82) is 0 Å². The molecule has 0 amide bonds. The van der Waals surface area contributed by atoms with Gasteiger partial charge in [0.25, 0.3) is 0 Å². The van der Waals surface area contributed by atoms with E-state index < -0.39 is 0 Å².